The summed E-state index contributed by atoms with van der Waals surface area (Å²) in [6, 6.07) is 8.31. The number of hydrogen-bond donors (Lipinski definition) is 3. The normalized spacial score (nSPS) is 14.2. The predicted octanol–water partition coefficient (Wildman–Crippen LogP) is 1.59. The molecule has 2 unspecified atom stereocenters. The first-order chi connectivity index (χ1) is 9.00. The summed E-state index contributed by atoms with van der Waals surface area (Å²) in [5.41, 5.74) is 6.32. The van der Waals surface area contributed by atoms with E-state index in [0.29, 0.717) is 0 Å². The van der Waals surface area contributed by atoms with E-state index in [1.54, 1.807) is 6.08 Å². The third kappa shape index (κ3) is 5.35. The number of carbonyl (C=O) groups is 2. The standard InChI is InChI=1S/C14H17NO4/c15-12(14(18)19)9-11(13(16)17)8-4-7-10-5-2-1-3-6-10/h1-7,11-12H,8-9,15H2,(H,16,17)(H,18,19). The lowest BCUT2D eigenvalue weighted by atomic mass is 9.96. The molecule has 2 atom stereocenters. The highest BCUT2D eigenvalue weighted by Crippen LogP contribution is 2.13. The molecule has 1 aromatic rings. The van der Waals surface area contributed by atoms with E-state index in [1.807, 2.05) is 36.4 Å². The summed E-state index contributed by atoms with van der Waals surface area (Å²) in [6.45, 7) is 0. The van der Waals surface area contributed by atoms with Crippen LogP contribution in [0.2, 0.25) is 0 Å². The van der Waals surface area contributed by atoms with Crippen LogP contribution in [-0.4, -0.2) is 28.2 Å². The summed E-state index contributed by atoms with van der Waals surface area (Å²) in [7, 11) is 0. The molecule has 1 rings (SSSR count). The average Bonchev–Trinajstić information content (AvgIpc) is 2.38. The van der Waals surface area contributed by atoms with Crippen LogP contribution in [0.15, 0.2) is 36.4 Å². The Morgan fingerprint density at radius 1 is 1.16 bits per heavy atom. The van der Waals surface area contributed by atoms with Crippen LogP contribution in [-0.2, 0) is 9.59 Å². The summed E-state index contributed by atoms with van der Waals surface area (Å²) in [5, 5.41) is 17.7. The Hall–Kier alpha value is -2.14. The van der Waals surface area contributed by atoms with Gasteiger partial charge in [0.05, 0.1) is 5.92 Å². The smallest absolute Gasteiger partial charge is 0.320 e. The van der Waals surface area contributed by atoms with Gasteiger partial charge in [0.15, 0.2) is 0 Å². The molecule has 102 valence electrons. The summed E-state index contributed by atoms with van der Waals surface area (Å²) in [5.74, 6) is -3.00. The number of allylic oxidation sites excluding steroid dienone is 1. The van der Waals surface area contributed by atoms with Gasteiger partial charge in [0.2, 0.25) is 0 Å². The molecule has 0 radical (unpaired) electrons. The van der Waals surface area contributed by atoms with Crippen LogP contribution in [0.1, 0.15) is 18.4 Å². The molecule has 0 saturated carbocycles. The lowest BCUT2D eigenvalue weighted by Crippen LogP contribution is -2.34. The zero-order valence-corrected chi connectivity index (χ0v) is 10.4. The number of benzene rings is 1. The molecule has 5 nitrogen and oxygen atoms in total. The van der Waals surface area contributed by atoms with Gasteiger partial charge in [-0.15, -0.1) is 0 Å². The van der Waals surface area contributed by atoms with Crippen molar-refractivity contribution in [2.75, 3.05) is 0 Å². The summed E-state index contributed by atoms with van der Waals surface area (Å²) < 4.78 is 0. The molecule has 5 heteroatoms. The maximum absolute atomic E-state index is 11.0. The van der Waals surface area contributed by atoms with Gasteiger partial charge in [-0.3, -0.25) is 9.59 Å². The number of rotatable bonds is 7. The molecule has 0 amide bonds. The quantitative estimate of drug-likeness (QED) is 0.693. The van der Waals surface area contributed by atoms with Crippen molar-refractivity contribution in [3.63, 3.8) is 0 Å². The van der Waals surface area contributed by atoms with Crippen molar-refractivity contribution in [3.05, 3.63) is 42.0 Å². The summed E-state index contributed by atoms with van der Waals surface area (Å²) in [4.78, 5) is 21.6. The van der Waals surface area contributed by atoms with Crippen molar-refractivity contribution < 1.29 is 19.8 Å². The van der Waals surface area contributed by atoms with E-state index in [0.717, 1.165) is 5.56 Å². The van der Waals surface area contributed by atoms with Crippen LogP contribution < -0.4 is 5.73 Å². The highest BCUT2D eigenvalue weighted by atomic mass is 16.4. The third-order valence-corrected chi connectivity index (χ3v) is 2.74. The molecule has 0 heterocycles. The Morgan fingerprint density at radius 3 is 2.32 bits per heavy atom. The summed E-state index contributed by atoms with van der Waals surface area (Å²) >= 11 is 0. The number of carboxylic acids is 2. The van der Waals surface area contributed by atoms with Gasteiger partial charge in [-0.25, -0.2) is 0 Å². The van der Waals surface area contributed by atoms with E-state index in [1.165, 1.54) is 0 Å². The zero-order chi connectivity index (χ0) is 14.3. The van der Waals surface area contributed by atoms with E-state index in [-0.39, 0.29) is 12.8 Å². The minimum atomic E-state index is -1.18. The fourth-order valence-electron chi connectivity index (χ4n) is 1.64. The summed E-state index contributed by atoms with van der Waals surface area (Å²) in [6.07, 6.45) is 3.71. The predicted molar refractivity (Wildman–Crippen MR) is 71.4 cm³/mol. The van der Waals surface area contributed by atoms with E-state index < -0.39 is 23.9 Å². The minimum absolute atomic E-state index is 0.0796. The maximum atomic E-state index is 11.0. The molecule has 0 aliphatic carbocycles. The lowest BCUT2D eigenvalue weighted by molar-refractivity contribution is -0.143. The molecule has 1 aromatic carbocycles. The topological polar surface area (TPSA) is 101 Å². The number of hydrogen-bond acceptors (Lipinski definition) is 3. The molecule has 0 saturated heterocycles. The van der Waals surface area contributed by atoms with E-state index in [4.69, 9.17) is 15.9 Å². The number of nitrogens with two attached hydrogens (primary N) is 1. The van der Waals surface area contributed by atoms with Gasteiger partial charge in [-0.05, 0) is 18.4 Å². The van der Waals surface area contributed by atoms with Crippen LogP contribution in [0.4, 0.5) is 0 Å². The van der Waals surface area contributed by atoms with E-state index in [2.05, 4.69) is 0 Å². The van der Waals surface area contributed by atoms with Crippen LogP contribution in [0.5, 0.6) is 0 Å². The SMILES string of the molecule is NC(CC(CC=Cc1ccccc1)C(=O)O)C(=O)O. The fraction of sp³-hybridized carbons (Fsp3) is 0.286. The molecule has 4 N–H and O–H groups in total. The van der Waals surface area contributed by atoms with Crippen molar-refractivity contribution in [2.24, 2.45) is 11.7 Å². The van der Waals surface area contributed by atoms with Crippen molar-refractivity contribution >= 4 is 18.0 Å². The van der Waals surface area contributed by atoms with Crippen LogP contribution >= 0.6 is 0 Å². The van der Waals surface area contributed by atoms with Crippen molar-refractivity contribution in [1.29, 1.82) is 0 Å². The molecule has 0 aliphatic heterocycles. The monoisotopic (exact) mass is 263 g/mol. The first kappa shape index (κ1) is 14.9. The minimum Gasteiger partial charge on any atom is -0.481 e. The Morgan fingerprint density at radius 2 is 1.79 bits per heavy atom. The molecule has 0 fully saturated rings. The Kier molecular flexibility index (Phi) is 5.75. The number of aliphatic carboxylic acids is 2. The highest BCUT2D eigenvalue weighted by molar-refractivity contribution is 5.76. The van der Waals surface area contributed by atoms with E-state index >= 15 is 0 Å². The van der Waals surface area contributed by atoms with Gasteiger partial charge >= 0.3 is 11.9 Å². The van der Waals surface area contributed by atoms with Crippen molar-refractivity contribution in [2.45, 2.75) is 18.9 Å². The third-order valence-electron chi connectivity index (χ3n) is 2.74. The molecule has 0 spiro atoms. The zero-order valence-electron chi connectivity index (χ0n) is 10.4. The van der Waals surface area contributed by atoms with Gasteiger partial charge in [-0.2, -0.15) is 0 Å². The second kappa shape index (κ2) is 7.33. The van der Waals surface area contributed by atoms with Gasteiger partial charge in [-0.1, -0.05) is 42.5 Å². The molecule has 0 aromatic heterocycles. The lowest BCUT2D eigenvalue weighted by Gasteiger charge is -2.12. The number of carboxylic acid groups (broad SMARTS) is 2. The molecule has 19 heavy (non-hydrogen) atoms. The molecular weight excluding hydrogens is 246 g/mol. The van der Waals surface area contributed by atoms with Gasteiger partial charge in [0.25, 0.3) is 0 Å². The van der Waals surface area contributed by atoms with Crippen molar-refractivity contribution in [3.8, 4) is 0 Å². The molecular formula is C14H17NO4. The first-order valence-corrected chi connectivity index (χ1v) is 5.93. The van der Waals surface area contributed by atoms with Gasteiger partial charge < -0.3 is 15.9 Å². The first-order valence-electron chi connectivity index (χ1n) is 5.93. The average molecular weight is 263 g/mol. The van der Waals surface area contributed by atoms with Crippen LogP contribution in [0, 0.1) is 5.92 Å². The van der Waals surface area contributed by atoms with Crippen LogP contribution in [0.25, 0.3) is 6.08 Å². The Bertz CT molecular complexity index is 456. The highest BCUT2D eigenvalue weighted by Gasteiger charge is 2.23. The maximum Gasteiger partial charge on any atom is 0.320 e. The second-order valence-corrected chi connectivity index (χ2v) is 4.26. The van der Waals surface area contributed by atoms with Crippen molar-refractivity contribution in [1.82, 2.24) is 0 Å². The van der Waals surface area contributed by atoms with Crippen LogP contribution in [0.3, 0.4) is 0 Å². The molecule has 0 aliphatic rings. The largest absolute Gasteiger partial charge is 0.481 e. The molecule has 0 bridgehead atoms. The Balaban J connectivity index is 2.57. The fourth-order valence-corrected chi connectivity index (χ4v) is 1.64. The van der Waals surface area contributed by atoms with E-state index in [9.17, 15) is 9.59 Å². The van der Waals surface area contributed by atoms with Gasteiger partial charge in [0, 0.05) is 0 Å². The Labute approximate surface area is 111 Å². The second-order valence-electron chi connectivity index (χ2n) is 4.26. The van der Waals surface area contributed by atoms with Gasteiger partial charge in [0.1, 0.15) is 6.04 Å².